The minimum absolute atomic E-state index is 0.0549. The summed E-state index contributed by atoms with van der Waals surface area (Å²) < 4.78 is 12.0. The molecule has 2 aliphatic rings. The number of piperidine rings is 1. The number of amides is 2. The summed E-state index contributed by atoms with van der Waals surface area (Å²) >= 11 is 0. The van der Waals surface area contributed by atoms with E-state index in [2.05, 4.69) is 67.4 Å². The van der Waals surface area contributed by atoms with Gasteiger partial charge in [-0.2, -0.15) is 4.98 Å². The number of aromatic nitrogens is 2. The Balaban J connectivity index is 1.47. The van der Waals surface area contributed by atoms with E-state index < -0.39 is 0 Å². The van der Waals surface area contributed by atoms with Crippen molar-refractivity contribution in [2.45, 2.75) is 98.8 Å². The molecule has 2 amide bonds. The van der Waals surface area contributed by atoms with Crippen molar-refractivity contribution in [1.82, 2.24) is 20.6 Å². The van der Waals surface area contributed by atoms with Gasteiger partial charge >= 0.3 is 0 Å². The van der Waals surface area contributed by atoms with Gasteiger partial charge in [-0.05, 0) is 74.2 Å². The van der Waals surface area contributed by atoms with Gasteiger partial charge in [0.1, 0.15) is 17.5 Å². The van der Waals surface area contributed by atoms with Crippen LogP contribution in [0.1, 0.15) is 90.9 Å². The summed E-state index contributed by atoms with van der Waals surface area (Å²) in [4.78, 5) is 39.8. The normalized spacial score (nSPS) is 17.7. The molecule has 0 saturated carbocycles. The van der Waals surface area contributed by atoms with Gasteiger partial charge in [-0.3, -0.25) is 9.59 Å². The molecule has 1 aromatic carbocycles. The zero-order chi connectivity index (χ0) is 33.6. The summed E-state index contributed by atoms with van der Waals surface area (Å²) in [5.74, 6) is 1.51. The molecule has 254 valence electrons. The zero-order valence-corrected chi connectivity index (χ0v) is 29.3. The first-order chi connectivity index (χ1) is 21.9. The number of nitrogens with zero attached hydrogens (tertiary/aromatic N) is 4. The van der Waals surface area contributed by atoms with E-state index in [1.807, 2.05) is 13.0 Å². The van der Waals surface area contributed by atoms with Crippen LogP contribution in [0.15, 0.2) is 24.4 Å². The third kappa shape index (κ3) is 7.57. The Hall–Kier alpha value is -3.44. The van der Waals surface area contributed by atoms with Crippen molar-refractivity contribution in [3.05, 3.63) is 30.0 Å². The van der Waals surface area contributed by atoms with Crippen LogP contribution in [0.2, 0.25) is 0 Å². The van der Waals surface area contributed by atoms with E-state index in [0.29, 0.717) is 54.3 Å². The Kier molecular flexibility index (Phi) is 11.5. The second kappa shape index (κ2) is 15.0. The lowest BCUT2D eigenvalue weighted by atomic mass is 9.68. The molecule has 1 aromatic heterocycles. The van der Waals surface area contributed by atoms with Crippen LogP contribution >= 0.6 is 0 Å². The number of carbonyl (C=O) groups is 2. The van der Waals surface area contributed by atoms with Gasteiger partial charge < -0.3 is 35.2 Å². The van der Waals surface area contributed by atoms with E-state index >= 15 is 0 Å². The van der Waals surface area contributed by atoms with Crippen molar-refractivity contribution in [3.8, 4) is 5.75 Å². The van der Waals surface area contributed by atoms with Gasteiger partial charge in [0, 0.05) is 25.2 Å². The summed E-state index contributed by atoms with van der Waals surface area (Å²) in [7, 11) is 3.35. The molecule has 3 heterocycles. The average Bonchev–Trinajstić information content (AvgIpc) is 3.06. The molecule has 2 aromatic rings. The Labute approximate surface area is 275 Å². The topological polar surface area (TPSA) is 121 Å². The maximum absolute atomic E-state index is 13.3. The van der Waals surface area contributed by atoms with Crippen molar-refractivity contribution in [2.75, 3.05) is 55.5 Å². The first-order valence-corrected chi connectivity index (χ1v) is 16.9. The molecule has 0 bridgehead atoms. The summed E-state index contributed by atoms with van der Waals surface area (Å²) in [5, 5.41) is 9.80. The van der Waals surface area contributed by atoms with Crippen LogP contribution < -0.4 is 30.5 Å². The van der Waals surface area contributed by atoms with Crippen molar-refractivity contribution >= 4 is 35.0 Å². The summed E-state index contributed by atoms with van der Waals surface area (Å²) in [6.45, 7) is 18.2. The Morgan fingerprint density at radius 1 is 1.11 bits per heavy atom. The van der Waals surface area contributed by atoms with E-state index in [0.717, 1.165) is 44.6 Å². The average molecular weight is 638 g/mol. The summed E-state index contributed by atoms with van der Waals surface area (Å²) in [6, 6.07) is 5.20. The predicted octanol–water partition coefficient (Wildman–Crippen LogP) is 5.53. The monoisotopic (exact) mass is 637 g/mol. The second-order valence-corrected chi connectivity index (χ2v) is 13.9. The fraction of sp³-hybridized carbons (Fsp3) is 0.657. The van der Waals surface area contributed by atoms with Crippen molar-refractivity contribution < 1.29 is 19.1 Å². The first kappa shape index (κ1) is 35.4. The second-order valence-electron chi connectivity index (χ2n) is 13.9. The molecular formula is C35H55N7O4. The SMILES string of the molecule is CCC(CC)N1c2nc(Nc3ccc(C(=O)NCC(C)(C)C(C)(C)COC4CCNCC4)cc3OC)ncc2N(C)C(=O)C1CC. The van der Waals surface area contributed by atoms with Crippen molar-refractivity contribution in [1.29, 1.82) is 0 Å². The number of fused-ring (bicyclic) bond motifs is 1. The van der Waals surface area contributed by atoms with Crippen LogP contribution in [0.5, 0.6) is 5.75 Å². The Bertz CT molecular complexity index is 1350. The summed E-state index contributed by atoms with van der Waals surface area (Å²) in [5.41, 5.74) is 1.48. The number of methoxy groups -OCH3 is 1. The van der Waals surface area contributed by atoms with E-state index in [9.17, 15) is 9.59 Å². The largest absolute Gasteiger partial charge is 0.495 e. The molecule has 1 atom stereocenters. The van der Waals surface area contributed by atoms with Gasteiger partial charge in [0.2, 0.25) is 11.9 Å². The lowest BCUT2D eigenvalue weighted by Gasteiger charge is -2.44. The molecule has 4 rings (SSSR count). The molecule has 0 spiro atoms. The lowest BCUT2D eigenvalue weighted by molar-refractivity contribution is -0.120. The minimum Gasteiger partial charge on any atom is -0.495 e. The highest BCUT2D eigenvalue weighted by Crippen LogP contribution is 2.40. The first-order valence-electron chi connectivity index (χ1n) is 16.9. The fourth-order valence-electron chi connectivity index (χ4n) is 6.13. The molecule has 1 fully saturated rings. The van der Waals surface area contributed by atoms with Crippen molar-refractivity contribution in [2.24, 2.45) is 10.8 Å². The third-order valence-electron chi connectivity index (χ3n) is 10.2. The van der Waals surface area contributed by atoms with E-state index in [4.69, 9.17) is 14.5 Å². The minimum atomic E-state index is -0.282. The Morgan fingerprint density at radius 2 is 1.80 bits per heavy atom. The van der Waals surface area contributed by atoms with Crippen LogP contribution in [0.25, 0.3) is 0 Å². The molecule has 2 aliphatic heterocycles. The molecule has 1 unspecified atom stereocenters. The summed E-state index contributed by atoms with van der Waals surface area (Å²) in [6.07, 6.45) is 6.53. The van der Waals surface area contributed by atoms with Crippen LogP contribution in [-0.2, 0) is 9.53 Å². The highest BCUT2D eigenvalue weighted by atomic mass is 16.5. The van der Waals surface area contributed by atoms with Gasteiger partial charge in [0.25, 0.3) is 5.91 Å². The van der Waals surface area contributed by atoms with Gasteiger partial charge in [-0.25, -0.2) is 4.98 Å². The maximum atomic E-state index is 13.3. The fourth-order valence-corrected chi connectivity index (χ4v) is 6.13. The standard InChI is InChI=1S/C35H55N7O4/c1-10-24(11-2)42-27(12-3)32(44)41(8)28-20-37-33(40-30(28)42)39-26-14-13-23(19-29(26)45-9)31(43)38-21-34(4,5)35(6,7)22-46-25-15-17-36-18-16-25/h13-14,19-20,24-25,27,36H,10-12,15-18,21-22H2,1-9H3,(H,38,43)(H,37,39,40). The van der Waals surface area contributed by atoms with Gasteiger partial charge in [-0.1, -0.05) is 48.5 Å². The zero-order valence-electron chi connectivity index (χ0n) is 29.3. The van der Waals surface area contributed by atoms with E-state index in [1.165, 1.54) is 0 Å². The van der Waals surface area contributed by atoms with Gasteiger partial charge in [0.05, 0.1) is 31.7 Å². The number of carbonyl (C=O) groups excluding carboxylic acids is 2. The molecule has 11 heteroatoms. The Morgan fingerprint density at radius 3 is 2.43 bits per heavy atom. The van der Waals surface area contributed by atoms with Crippen molar-refractivity contribution in [3.63, 3.8) is 0 Å². The van der Waals surface area contributed by atoms with Crippen LogP contribution in [0.4, 0.5) is 23.1 Å². The number of hydrogen-bond acceptors (Lipinski definition) is 9. The highest BCUT2D eigenvalue weighted by Gasteiger charge is 2.40. The molecule has 46 heavy (non-hydrogen) atoms. The molecule has 0 aliphatic carbocycles. The number of hydrogen-bond donors (Lipinski definition) is 3. The quantitative estimate of drug-likeness (QED) is 0.246. The lowest BCUT2D eigenvalue weighted by Crippen LogP contribution is -2.56. The highest BCUT2D eigenvalue weighted by molar-refractivity contribution is 6.04. The van der Waals surface area contributed by atoms with E-state index in [1.54, 1.807) is 37.4 Å². The van der Waals surface area contributed by atoms with Crippen LogP contribution in [-0.4, -0.2) is 80.4 Å². The molecule has 3 N–H and O–H groups in total. The van der Waals surface area contributed by atoms with Gasteiger partial charge in [-0.15, -0.1) is 0 Å². The van der Waals surface area contributed by atoms with Crippen LogP contribution in [0.3, 0.4) is 0 Å². The number of rotatable bonds is 14. The third-order valence-corrected chi connectivity index (χ3v) is 10.2. The molecule has 0 radical (unpaired) electrons. The number of ether oxygens (including phenoxy) is 2. The number of anilines is 4. The smallest absolute Gasteiger partial charge is 0.251 e. The predicted molar refractivity (Wildman–Crippen MR) is 184 cm³/mol. The number of nitrogens with one attached hydrogen (secondary N) is 3. The van der Waals surface area contributed by atoms with Crippen LogP contribution in [0, 0.1) is 10.8 Å². The number of likely N-dealkylation sites (N-methyl/N-ethyl adjacent to an activating group) is 1. The molecule has 11 nitrogen and oxygen atoms in total. The number of benzene rings is 1. The van der Waals surface area contributed by atoms with E-state index in [-0.39, 0.29) is 34.7 Å². The maximum Gasteiger partial charge on any atom is 0.251 e. The molecule has 1 saturated heterocycles. The van der Waals surface area contributed by atoms with Gasteiger partial charge in [0.15, 0.2) is 5.82 Å². The molecular weight excluding hydrogens is 582 g/mol.